The summed E-state index contributed by atoms with van der Waals surface area (Å²) in [6.45, 7) is 3.39. The van der Waals surface area contributed by atoms with Gasteiger partial charge in [-0.2, -0.15) is 5.26 Å². The van der Waals surface area contributed by atoms with Crippen molar-refractivity contribution in [3.63, 3.8) is 0 Å². The second kappa shape index (κ2) is 6.84. The molecule has 1 aliphatic carbocycles. The monoisotopic (exact) mass is 194 g/mol. The first-order chi connectivity index (χ1) is 6.84. The summed E-state index contributed by atoms with van der Waals surface area (Å²) >= 11 is 0. The fourth-order valence-electron chi connectivity index (χ4n) is 2.28. The summed E-state index contributed by atoms with van der Waals surface area (Å²) in [6.07, 6.45) is 8.56. The average molecular weight is 194 g/mol. The van der Waals surface area contributed by atoms with Crippen LogP contribution in [0.1, 0.15) is 51.9 Å². The predicted molar refractivity (Wildman–Crippen MR) is 58.9 cm³/mol. The molecule has 0 spiro atoms. The largest absolute Gasteiger partial charge is 0.314 e. The summed E-state index contributed by atoms with van der Waals surface area (Å²) in [7, 11) is 0. The highest BCUT2D eigenvalue weighted by molar-refractivity contribution is 4.77. The van der Waals surface area contributed by atoms with Gasteiger partial charge in [0.25, 0.3) is 0 Å². The van der Waals surface area contributed by atoms with E-state index in [9.17, 15) is 0 Å². The highest BCUT2D eigenvalue weighted by atomic mass is 14.9. The SMILES string of the molecule is C[C@@H](NCCCCC#N)C1CCCC1. The highest BCUT2D eigenvalue weighted by Gasteiger charge is 2.20. The van der Waals surface area contributed by atoms with Crippen LogP contribution in [0.4, 0.5) is 0 Å². The first-order valence-electron chi connectivity index (χ1n) is 5.95. The van der Waals surface area contributed by atoms with Gasteiger partial charge in [0.2, 0.25) is 0 Å². The number of rotatable bonds is 6. The minimum Gasteiger partial charge on any atom is -0.314 e. The number of nitrogens with one attached hydrogen (secondary N) is 1. The lowest BCUT2D eigenvalue weighted by atomic mass is 10.00. The van der Waals surface area contributed by atoms with Crippen molar-refractivity contribution in [1.29, 1.82) is 5.26 Å². The van der Waals surface area contributed by atoms with Gasteiger partial charge in [-0.25, -0.2) is 0 Å². The second-order valence-electron chi connectivity index (χ2n) is 4.40. The van der Waals surface area contributed by atoms with Gasteiger partial charge >= 0.3 is 0 Å². The van der Waals surface area contributed by atoms with Crippen molar-refractivity contribution >= 4 is 0 Å². The molecule has 1 aliphatic rings. The Morgan fingerprint density at radius 3 is 2.71 bits per heavy atom. The molecule has 0 radical (unpaired) electrons. The third kappa shape index (κ3) is 4.11. The standard InChI is InChI=1S/C12H22N2/c1-11(12-7-3-4-8-12)14-10-6-2-5-9-13/h11-12,14H,2-8,10H2,1H3/t11-/m1/s1. The van der Waals surface area contributed by atoms with Crippen molar-refractivity contribution in [2.75, 3.05) is 6.54 Å². The quantitative estimate of drug-likeness (QED) is 0.660. The van der Waals surface area contributed by atoms with E-state index in [2.05, 4.69) is 18.3 Å². The summed E-state index contributed by atoms with van der Waals surface area (Å²) < 4.78 is 0. The van der Waals surface area contributed by atoms with Crippen molar-refractivity contribution in [1.82, 2.24) is 5.32 Å². The van der Waals surface area contributed by atoms with Crippen LogP contribution in [0.3, 0.4) is 0 Å². The van der Waals surface area contributed by atoms with Gasteiger partial charge in [0, 0.05) is 12.5 Å². The maximum Gasteiger partial charge on any atom is 0.0621 e. The number of unbranched alkanes of at least 4 members (excludes halogenated alkanes) is 2. The van der Waals surface area contributed by atoms with E-state index in [0.717, 1.165) is 25.3 Å². The van der Waals surface area contributed by atoms with Crippen LogP contribution < -0.4 is 5.32 Å². The van der Waals surface area contributed by atoms with Crippen molar-refractivity contribution in [3.8, 4) is 6.07 Å². The molecule has 14 heavy (non-hydrogen) atoms. The molecule has 2 nitrogen and oxygen atoms in total. The first kappa shape index (κ1) is 11.5. The molecule has 1 N–H and O–H groups in total. The molecule has 1 fully saturated rings. The van der Waals surface area contributed by atoms with Crippen LogP contribution in [-0.4, -0.2) is 12.6 Å². The van der Waals surface area contributed by atoms with E-state index < -0.39 is 0 Å². The van der Waals surface area contributed by atoms with Crippen molar-refractivity contribution in [2.45, 2.75) is 57.9 Å². The molecule has 0 aliphatic heterocycles. The van der Waals surface area contributed by atoms with Gasteiger partial charge in [-0.1, -0.05) is 12.8 Å². The number of hydrogen-bond donors (Lipinski definition) is 1. The van der Waals surface area contributed by atoms with Gasteiger partial charge in [0.1, 0.15) is 0 Å². The highest BCUT2D eigenvalue weighted by Crippen LogP contribution is 2.27. The molecular weight excluding hydrogens is 172 g/mol. The predicted octanol–water partition coefficient (Wildman–Crippen LogP) is 2.85. The smallest absolute Gasteiger partial charge is 0.0621 e. The fraction of sp³-hybridized carbons (Fsp3) is 0.917. The maximum absolute atomic E-state index is 8.38. The molecule has 80 valence electrons. The lowest BCUT2D eigenvalue weighted by molar-refractivity contribution is 0.379. The Labute approximate surface area is 87.7 Å². The Bertz CT molecular complexity index is 177. The topological polar surface area (TPSA) is 35.8 Å². The van der Waals surface area contributed by atoms with E-state index in [-0.39, 0.29) is 0 Å². The number of hydrogen-bond acceptors (Lipinski definition) is 2. The van der Waals surface area contributed by atoms with Gasteiger partial charge in [-0.05, 0) is 45.1 Å². The Morgan fingerprint density at radius 2 is 2.07 bits per heavy atom. The van der Waals surface area contributed by atoms with Gasteiger partial charge < -0.3 is 5.32 Å². The lowest BCUT2D eigenvalue weighted by Gasteiger charge is -2.20. The zero-order valence-corrected chi connectivity index (χ0v) is 9.26. The third-order valence-electron chi connectivity index (χ3n) is 3.29. The van der Waals surface area contributed by atoms with Crippen molar-refractivity contribution in [2.24, 2.45) is 5.92 Å². The number of nitriles is 1. The van der Waals surface area contributed by atoms with E-state index in [0.29, 0.717) is 12.5 Å². The van der Waals surface area contributed by atoms with Crippen molar-refractivity contribution in [3.05, 3.63) is 0 Å². The van der Waals surface area contributed by atoms with Crippen molar-refractivity contribution < 1.29 is 0 Å². The molecule has 0 aromatic carbocycles. The minimum absolute atomic E-state index is 0.680. The van der Waals surface area contributed by atoms with E-state index in [4.69, 9.17) is 5.26 Å². The zero-order chi connectivity index (χ0) is 10.2. The summed E-state index contributed by atoms with van der Waals surface area (Å²) in [5.41, 5.74) is 0. The van der Waals surface area contributed by atoms with E-state index in [1.54, 1.807) is 0 Å². The minimum atomic E-state index is 0.680. The van der Waals surface area contributed by atoms with Gasteiger partial charge in [0.05, 0.1) is 6.07 Å². The molecular formula is C12H22N2. The Morgan fingerprint density at radius 1 is 1.36 bits per heavy atom. The van der Waals surface area contributed by atoms with Crippen LogP contribution in [0.25, 0.3) is 0 Å². The fourth-order valence-corrected chi connectivity index (χ4v) is 2.28. The van der Waals surface area contributed by atoms with Gasteiger partial charge in [-0.15, -0.1) is 0 Å². The van der Waals surface area contributed by atoms with Crippen LogP contribution >= 0.6 is 0 Å². The molecule has 0 unspecified atom stereocenters. The molecule has 0 amide bonds. The van der Waals surface area contributed by atoms with E-state index in [1.807, 2.05) is 0 Å². The molecule has 0 saturated heterocycles. The molecule has 1 atom stereocenters. The molecule has 1 rings (SSSR count). The van der Waals surface area contributed by atoms with E-state index in [1.165, 1.54) is 25.7 Å². The van der Waals surface area contributed by atoms with Crippen LogP contribution in [-0.2, 0) is 0 Å². The van der Waals surface area contributed by atoms with Crippen LogP contribution in [0, 0.1) is 17.2 Å². The number of nitrogens with zero attached hydrogens (tertiary/aromatic N) is 1. The molecule has 0 aromatic heterocycles. The van der Waals surface area contributed by atoms with Gasteiger partial charge in [0.15, 0.2) is 0 Å². The Kier molecular flexibility index (Phi) is 5.63. The molecule has 0 bridgehead atoms. The summed E-state index contributed by atoms with van der Waals surface area (Å²) in [5.74, 6) is 0.908. The normalized spacial score (nSPS) is 19.4. The maximum atomic E-state index is 8.38. The summed E-state index contributed by atoms with van der Waals surface area (Å²) in [6, 6.07) is 2.86. The van der Waals surface area contributed by atoms with E-state index >= 15 is 0 Å². The average Bonchev–Trinajstić information content (AvgIpc) is 2.70. The van der Waals surface area contributed by atoms with Crippen LogP contribution in [0.5, 0.6) is 0 Å². The summed E-state index contributed by atoms with van der Waals surface area (Å²) in [5, 5.41) is 12.0. The summed E-state index contributed by atoms with van der Waals surface area (Å²) in [4.78, 5) is 0. The van der Waals surface area contributed by atoms with Gasteiger partial charge in [-0.3, -0.25) is 0 Å². The van der Waals surface area contributed by atoms with Crippen LogP contribution in [0.15, 0.2) is 0 Å². The Hall–Kier alpha value is -0.550. The molecule has 0 heterocycles. The third-order valence-corrected chi connectivity index (χ3v) is 3.29. The molecule has 2 heteroatoms. The second-order valence-corrected chi connectivity index (χ2v) is 4.40. The first-order valence-corrected chi connectivity index (χ1v) is 5.95. The van der Waals surface area contributed by atoms with Crippen LogP contribution in [0.2, 0.25) is 0 Å². The lowest BCUT2D eigenvalue weighted by Crippen LogP contribution is -2.32. The zero-order valence-electron chi connectivity index (χ0n) is 9.26. The Balaban J connectivity index is 1.97. The molecule has 0 aromatic rings. The molecule has 1 saturated carbocycles.